The van der Waals surface area contributed by atoms with Crippen LogP contribution in [0.4, 0.5) is 4.39 Å². The summed E-state index contributed by atoms with van der Waals surface area (Å²) in [4.78, 5) is 12.6. The van der Waals surface area contributed by atoms with Crippen LogP contribution in [0.3, 0.4) is 0 Å². The van der Waals surface area contributed by atoms with E-state index in [1.807, 2.05) is 0 Å². The molecule has 1 aromatic carbocycles. The molecule has 31 heavy (non-hydrogen) atoms. The van der Waals surface area contributed by atoms with Crippen LogP contribution in [0.15, 0.2) is 39.8 Å². The number of hydrazine groups is 1. The number of hydrogen-bond donors (Lipinski definition) is 3. The molecular weight excluding hydrogens is 447 g/mol. The number of benzene rings is 1. The molecule has 11 heteroatoms. The third kappa shape index (κ3) is 4.93. The van der Waals surface area contributed by atoms with E-state index >= 15 is 0 Å². The van der Waals surface area contributed by atoms with Crippen molar-refractivity contribution in [1.82, 2.24) is 20.5 Å². The van der Waals surface area contributed by atoms with E-state index in [2.05, 4.69) is 16.2 Å². The predicted octanol–water partition coefficient (Wildman–Crippen LogP) is 2.33. The van der Waals surface area contributed by atoms with Crippen molar-refractivity contribution in [2.24, 2.45) is 5.92 Å². The maximum atomic E-state index is 13.3. The fourth-order valence-corrected chi connectivity index (χ4v) is 5.49. The van der Waals surface area contributed by atoms with Gasteiger partial charge in [0.2, 0.25) is 11.0 Å². The highest BCUT2D eigenvalue weighted by Crippen LogP contribution is 2.28. The Morgan fingerprint density at radius 3 is 2.87 bits per heavy atom. The van der Waals surface area contributed by atoms with Gasteiger partial charge >= 0.3 is 0 Å². The molecule has 2 saturated heterocycles. The van der Waals surface area contributed by atoms with Crippen LogP contribution in [0.2, 0.25) is 5.02 Å². The van der Waals surface area contributed by atoms with Gasteiger partial charge in [-0.25, -0.2) is 18.2 Å². The predicted molar refractivity (Wildman–Crippen MR) is 112 cm³/mol. The Morgan fingerprint density at radius 1 is 1.29 bits per heavy atom. The van der Waals surface area contributed by atoms with E-state index in [-0.39, 0.29) is 35.2 Å². The van der Waals surface area contributed by atoms with Crippen molar-refractivity contribution in [2.75, 3.05) is 19.6 Å². The van der Waals surface area contributed by atoms with Gasteiger partial charge in [0.25, 0.3) is 10.0 Å². The van der Waals surface area contributed by atoms with E-state index in [9.17, 15) is 17.6 Å². The highest BCUT2D eigenvalue weighted by molar-refractivity contribution is 7.89. The molecule has 0 aliphatic carbocycles. The van der Waals surface area contributed by atoms with Gasteiger partial charge in [-0.2, -0.15) is 4.31 Å². The Balaban J connectivity index is 1.39. The van der Waals surface area contributed by atoms with E-state index in [4.69, 9.17) is 16.0 Å². The monoisotopic (exact) mass is 470 g/mol. The average molecular weight is 471 g/mol. The number of sulfonamides is 1. The maximum absolute atomic E-state index is 13.3. The lowest BCUT2D eigenvalue weighted by Gasteiger charge is -2.30. The molecule has 3 heterocycles. The van der Waals surface area contributed by atoms with Crippen LogP contribution in [-0.2, 0) is 21.4 Å². The van der Waals surface area contributed by atoms with Crippen molar-refractivity contribution in [2.45, 2.75) is 36.9 Å². The van der Waals surface area contributed by atoms with E-state index in [1.54, 1.807) is 12.1 Å². The molecule has 8 nitrogen and oxygen atoms in total. The molecule has 4 rings (SSSR count). The summed E-state index contributed by atoms with van der Waals surface area (Å²) in [5, 5.41) is 2.66. The fourth-order valence-electron chi connectivity index (χ4n) is 3.84. The summed E-state index contributed by atoms with van der Waals surface area (Å²) in [7, 11) is -3.84. The molecule has 168 valence electrons. The minimum Gasteiger partial charge on any atom is -0.447 e. The topological polar surface area (TPSA) is 104 Å². The fraction of sp³-hybridized carbons (Fsp3) is 0.450. The lowest BCUT2D eigenvalue weighted by Crippen LogP contribution is -2.45. The average Bonchev–Trinajstić information content (AvgIpc) is 3.46. The molecule has 0 saturated carbocycles. The minimum atomic E-state index is -3.84. The highest BCUT2D eigenvalue weighted by Gasteiger charge is 2.35. The first-order chi connectivity index (χ1) is 14.8. The number of carbonyl (C=O) groups excluding carboxylic acids is 1. The Hall–Kier alpha value is -1.98. The Morgan fingerprint density at radius 2 is 2.13 bits per heavy atom. The highest BCUT2D eigenvalue weighted by atomic mass is 35.5. The summed E-state index contributed by atoms with van der Waals surface area (Å²) in [6, 6.07) is 7.31. The number of amides is 1. The number of rotatable bonds is 6. The van der Waals surface area contributed by atoms with Gasteiger partial charge in [-0.15, -0.1) is 0 Å². The molecule has 1 aromatic heterocycles. The van der Waals surface area contributed by atoms with E-state index in [0.717, 1.165) is 13.0 Å². The van der Waals surface area contributed by atoms with Gasteiger partial charge in [0.1, 0.15) is 11.6 Å². The number of piperidine rings is 1. The first-order valence-electron chi connectivity index (χ1n) is 10.1. The number of nitrogens with one attached hydrogen (secondary N) is 3. The molecule has 0 radical (unpaired) electrons. The molecule has 2 unspecified atom stereocenters. The second kappa shape index (κ2) is 9.25. The minimum absolute atomic E-state index is 0.0110. The summed E-state index contributed by atoms with van der Waals surface area (Å²) in [5.41, 5.74) is 6.69. The summed E-state index contributed by atoms with van der Waals surface area (Å²) in [5.74, 6) is -0.685. The largest absolute Gasteiger partial charge is 0.447 e. The van der Waals surface area contributed by atoms with Gasteiger partial charge < -0.3 is 9.73 Å². The van der Waals surface area contributed by atoms with Crippen LogP contribution in [-0.4, -0.2) is 38.3 Å². The standard InChI is InChI=1S/C20H24ClFN4O4S/c21-15-10-13(3-4-16(15)22)11-23-20(27)14-2-1-9-26(12-14)31(28,29)19-6-5-18(30-19)17-7-8-24-25-17/h3-6,10,14,17,24-25H,1-2,7-9,11-12H2,(H,23,27). The van der Waals surface area contributed by atoms with Gasteiger partial charge in [-0.3, -0.25) is 10.2 Å². The van der Waals surface area contributed by atoms with Gasteiger partial charge in [-0.05, 0) is 49.1 Å². The van der Waals surface area contributed by atoms with Crippen molar-refractivity contribution >= 4 is 27.5 Å². The molecule has 0 spiro atoms. The number of halogens is 2. The Bertz CT molecular complexity index is 1060. The Kier molecular flexibility index (Phi) is 6.63. The second-order valence-electron chi connectivity index (χ2n) is 7.74. The van der Waals surface area contributed by atoms with Crippen LogP contribution in [0.25, 0.3) is 0 Å². The van der Waals surface area contributed by atoms with Crippen LogP contribution in [0, 0.1) is 11.7 Å². The maximum Gasteiger partial charge on any atom is 0.276 e. The first kappa shape index (κ1) is 22.2. The molecule has 2 fully saturated rings. The summed E-state index contributed by atoms with van der Waals surface area (Å²) in [6.45, 7) is 1.38. The summed E-state index contributed by atoms with van der Waals surface area (Å²) in [6.07, 6.45) is 1.96. The van der Waals surface area contributed by atoms with E-state index in [0.29, 0.717) is 30.7 Å². The van der Waals surface area contributed by atoms with Gasteiger partial charge in [-0.1, -0.05) is 17.7 Å². The molecule has 2 aliphatic heterocycles. The third-order valence-electron chi connectivity index (χ3n) is 5.58. The first-order valence-corrected chi connectivity index (χ1v) is 12.0. The van der Waals surface area contributed by atoms with Gasteiger partial charge in [0.05, 0.1) is 17.0 Å². The summed E-state index contributed by atoms with van der Waals surface area (Å²) >= 11 is 5.77. The van der Waals surface area contributed by atoms with Crippen LogP contribution in [0.1, 0.15) is 36.6 Å². The normalized spacial score (nSPS) is 22.5. The number of carbonyl (C=O) groups is 1. The zero-order chi connectivity index (χ0) is 22.0. The molecule has 2 aliphatic rings. The molecule has 0 bridgehead atoms. The molecule has 3 N–H and O–H groups in total. The zero-order valence-corrected chi connectivity index (χ0v) is 18.3. The molecule has 2 atom stereocenters. The van der Waals surface area contributed by atoms with E-state index in [1.165, 1.54) is 22.5 Å². The van der Waals surface area contributed by atoms with Crippen molar-refractivity contribution < 1.29 is 22.0 Å². The number of furan rings is 1. The third-order valence-corrected chi connectivity index (χ3v) is 7.61. The molecule has 2 aromatic rings. The van der Waals surface area contributed by atoms with Crippen LogP contribution < -0.4 is 16.2 Å². The van der Waals surface area contributed by atoms with Crippen LogP contribution in [0.5, 0.6) is 0 Å². The van der Waals surface area contributed by atoms with E-state index < -0.39 is 21.8 Å². The van der Waals surface area contributed by atoms with Gasteiger partial charge in [0.15, 0.2) is 0 Å². The smallest absolute Gasteiger partial charge is 0.276 e. The number of nitrogens with zero attached hydrogens (tertiary/aromatic N) is 1. The second-order valence-corrected chi connectivity index (χ2v) is 10.0. The SMILES string of the molecule is O=C(NCc1ccc(F)c(Cl)c1)C1CCCN(S(=O)(=O)c2ccc(C3CCNN3)o2)C1. The van der Waals surface area contributed by atoms with Gasteiger partial charge in [0, 0.05) is 26.2 Å². The molecule has 1 amide bonds. The van der Waals surface area contributed by atoms with Crippen molar-refractivity contribution in [3.05, 3.63) is 52.5 Å². The number of hydrogen-bond acceptors (Lipinski definition) is 6. The lowest BCUT2D eigenvalue weighted by atomic mass is 9.99. The zero-order valence-electron chi connectivity index (χ0n) is 16.7. The van der Waals surface area contributed by atoms with Crippen molar-refractivity contribution in [3.63, 3.8) is 0 Å². The van der Waals surface area contributed by atoms with Crippen LogP contribution >= 0.6 is 11.6 Å². The van der Waals surface area contributed by atoms with Crippen molar-refractivity contribution in [3.8, 4) is 0 Å². The Labute approximate surface area is 185 Å². The quantitative estimate of drug-likeness (QED) is 0.598. The summed E-state index contributed by atoms with van der Waals surface area (Å²) < 4.78 is 46.3. The lowest BCUT2D eigenvalue weighted by molar-refractivity contribution is -0.126. The molecular formula is C20H24ClFN4O4S. The van der Waals surface area contributed by atoms with Crippen molar-refractivity contribution in [1.29, 1.82) is 0 Å².